The highest BCUT2D eigenvalue weighted by Gasteiger charge is 2.54. The molecule has 43 heavy (non-hydrogen) atoms. The number of hydrogen-bond donors (Lipinski definition) is 0. The fourth-order valence-electron chi connectivity index (χ4n) is 4.99. The van der Waals surface area contributed by atoms with Gasteiger partial charge in [-0.2, -0.15) is 8.78 Å². The van der Waals surface area contributed by atoms with Gasteiger partial charge in [0.1, 0.15) is 24.9 Å². The van der Waals surface area contributed by atoms with E-state index in [1.54, 1.807) is 119 Å². The molecule has 0 saturated carbocycles. The van der Waals surface area contributed by atoms with Crippen molar-refractivity contribution in [2.24, 2.45) is 0 Å². The average Bonchev–Trinajstić information content (AvgIpc) is 3.52. The lowest BCUT2D eigenvalue weighted by Crippen LogP contribution is -2.43. The van der Waals surface area contributed by atoms with Gasteiger partial charge in [-0.05, 0) is 74.4 Å². The van der Waals surface area contributed by atoms with Crippen molar-refractivity contribution >= 4 is 27.4 Å². The molecule has 2 heterocycles. The van der Waals surface area contributed by atoms with Crippen LogP contribution >= 0.6 is 10.3 Å². The smallest absolute Gasteiger partial charge is 0.440 e. The normalized spacial score (nSPS) is 24.4. The highest BCUT2D eigenvalue weighted by atomic mass is 32.3. The molecule has 12 heteroatoms. The summed E-state index contributed by atoms with van der Waals surface area (Å²) >= 11 is -3.46. The van der Waals surface area contributed by atoms with Gasteiger partial charge in [-0.3, -0.25) is 0 Å². The predicted molar refractivity (Wildman–Crippen MR) is 156 cm³/mol. The van der Waals surface area contributed by atoms with Gasteiger partial charge in [0.25, 0.3) is 11.1 Å². The van der Waals surface area contributed by atoms with E-state index in [4.69, 9.17) is 27.3 Å². The SMILES string of the molecule is CC1(C)O[C@@H]([C@H]2COC(C)(C)O2)[C@H](COC(=O)C(F)(F)S(=O)OS(c2ccccc2)(c2ccccc2)c2ccccc2)O1. The molecule has 0 N–H and O–H groups in total. The van der Waals surface area contributed by atoms with Crippen LogP contribution in [0.5, 0.6) is 0 Å². The lowest BCUT2D eigenvalue weighted by atomic mass is 10.1. The van der Waals surface area contributed by atoms with E-state index in [2.05, 4.69) is 0 Å². The first-order valence-electron chi connectivity index (χ1n) is 13.7. The molecule has 0 aliphatic carbocycles. The minimum Gasteiger partial charge on any atom is -0.458 e. The highest BCUT2D eigenvalue weighted by Crippen LogP contribution is 2.70. The summed E-state index contributed by atoms with van der Waals surface area (Å²) in [5.74, 6) is -3.96. The van der Waals surface area contributed by atoms with Crippen LogP contribution in [0.15, 0.2) is 106 Å². The zero-order valence-corrected chi connectivity index (χ0v) is 25.8. The van der Waals surface area contributed by atoms with E-state index < -0.39 is 69.1 Å². The van der Waals surface area contributed by atoms with E-state index in [0.717, 1.165) is 0 Å². The summed E-state index contributed by atoms with van der Waals surface area (Å²) in [7, 11) is -2.99. The van der Waals surface area contributed by atoms with Crippen molar-refractivity contribution in [2.75, 3.05) is 13.2 Å². The molecule has 0 amide bonds. The van der Waals surface area contributed by atoms with Crippen LogP contribution in [0.4, 0.5) is 8.78 Å². The van der Waals surface area contributed by atoms with Gasteiger partial charge in [0.15, 0.2) is 11.6 Å². The van der Waals surface area contributed by atoms with Crippen molar-refractivity contribution in [1.29, 1.82) is 0 Å². The van der Waals surface area contributed by atoms with Gasteiger partial charge in [0.2, 0.25) is 0 Å². The molecule has 2 fully saturated rings. The van der Waals surface area contributed by atoms with Crippen LogP contribution in [0.1, 0.15) is 27.7 Å². The molecule has 2 aliphatic heterocycles. The Hall–Kier alpha value is -2.71. The summed E-state index contributed by atoms with van der Waals surface area (Å²) in [5, 5.41) is -4.52. The summed E-state index contributed by atoms with van der Waals surface area (Å²) in [5.41, 5.74) is 0. The molecule has 1 unspecified atom stereocenters. The summed E-state index contributed by atoms with van der Waals surface area (Å²) in [6, 6.07) is 26.1. The Morgan fingerprint density at radius 3 is 1.77 bits per heavy atom. The molecule has 0 radical (unpaired) electrons. The Morgan fingerprint density at radius 2 is 1.33 bits per heavy atom. The number of carbonyl (C=O) groups excluding carboxylic acids is 1. The van der Waals surface area contributed by atoms with E-state index in [1.807, 2.05) is 0 Å². The fourth-order valence-corrected chi connectivity index (χ4v) is 9.65. The maximum atomic E-state index is 15.6. The van der Waals surface area contributed by atoms with E-state index in [9.17, 15) is 9.00 Å². The molecule has 8 nitrogen and oxygen atoms in total. The fraction of sp³-hybridized carbons (Fsp3) is 0.387. The lowest BCUT2D eigenvalue weighted by molar-refractivity contribution is -0.176. The monoisotopic (exact) mass is 636 g/mol. The topological polar surface area (TPSA) is 89.5 Å². The minimum absolute atomic E-state index is 0.179. The second kappa shape index (κ2) is 12.4. The summed E-state index contributed by atoms with van der Waals surface area (Å²) in [6.07, 6.45) is -2.27. The predicted octanol–water partition coefficient (Wildman–Crippen LogP) is 6.37. The van der Waals surface area contributed by atoms with Gasteiger partial charge in [-0.15, -0.1) is 0 Å². The zero-order chi connectivity index (χ0) is 30.9. The van der Waals surface area contributed by atoms with Gasteiger partial charge < -0.3 is 23.7 Å². The van der Waals surface area contributed by atoms with Gasteiger partial charge in [0.05, 0.1) is 6.61 Å². The largest absolute Gasteiger partial charge is 0.458 e. The Bertz CT molecular complexity index is 1330. The minimum atomic E-state index is -4.52. The third-order valence-electron chi connectivity index (χ3n) is 6.83. The van der Waals surface area contributed by atoms with Crippen molar-refractivity contribution in [3.8, 4) is 0 Å². The summed E-state index contributed by atoms with van der Waals surface area (Å²) < 4.78 is 78.9. The van der Waals surface area contributed by atoms with Crippen LogP contribution in [0.2, 0.25) is 0 Å². The quantitative estimate of drug-likeness (QED) is 0.237. The van der Waals surface area contributed by atoms with E-state index in [-0.39, 0.29) is 6.61 Å². The Labute approximate surface area is 253 Å². The van der Waals surface area contributed by atoms with Crippen molar-refractivity contribution in [1.82, 2.24) is 0 Å². The molecule has 3 aromatic carbocycles. The van der Waals surface area contributed by atoms with Crippen molar-refractivity contribution in [3.63, 3.8) is 0 Å². The first-order chi connectivity index (χ1) is 20.3. The van der Waals surface area contributed by atoms with Crippen LogP contribution in [0, 0.1) is 0 Å². The lowest BCUT2D eigenvalue weighted by Gasteiger charge is -2.39. The second-order valence-electron chi connectivity index (χ2n) is 10.9. The average molecular weight is 637 g/mol. The number of carbonyl (C=O) groups is 1. The molecule has 2 aliphatic rings. The number of hydrogen-bond acceptors (Lipinski definition) is 8. The Kier molecular flexibility index (Phi) is 9.11. The van der Waals surface area contributed by atoms with Crippen LogP contribution < -0.4 is 0 Å². The molecule has 2 saturated heterocycles. The van der Waals surface area contributed by atoms with Crippen molar-refractivity contribution in [2.45, 2.75) is 77.5 Å². The standard InChI is InChI=1S/C31H34F2O8S2/c1-29(2)37-21-26(38-29)27-25(39-30(3,4)40-27)20-36-28(34)31(32,33)42(35)41-43(22-14-8-5-9-15-22,23-16-10-6-11-17-23)24-18-12-7-13-19-24/h5-19,25-27H,20-21H2,1-4H3/t25-,26+,27+,42?/m0/s1. The molecule has 0 aromatic heterocycles. The van der Waals surface area contributed by atoms with E-state index in [1.165, 1.54) is 0 Å². The molecular formula is C31H34F2O8S2. The van der Waals surface area contributed by atoms with Crippen LogP contribution in [-0.2, 0) is 43.2 Å². The number of halogens is 2. The van der Waals surface area contributed by atoms with Gasteiger partial charge in [-0.25, -0.2) is 12.6 Å². The molecule has 0 spiro atoms. The Morgan fingerprint density at radius 1 is 0.837 bits per heavy atom. The third kappa shape index (κ3) is 6.70. The highest BCUT2D eigenvalue weighted by molar-refractivity contribution is 8.32. The maximum Gasteiger partial charge on any atom is 0.440 e. The van der Waals surface area contributed by atoms with Crippen molar-refractivity contribution < 1.29 is 45.1 Å². The van der Waals surface area contributed by atoms with Gasteiger partial charge in [-0.1, -0.05) is 54.6 Å². The number of ether oxygens (including phenoxy) is 5. The molecule has 5 rings (SSSR count). The summed E-state index contributed by atoms with van der Waals surface area (Å²) in [6.45, 7) is 6.37. The molecule has 3 aromatic rings. The van der Waals surface area contributed by atoms with Gasteiger partial charge in [0, 0.05) is 14.7 Å². The van der Waals surface area contributed by atoms with Crippen molar-refractivity contribution in [3.05, 3.63) is 91.0 Å². The first-order valence-corrected chi connectivity index (χ1v) is 16.3. The second-order valence-corrected chi connectivity index (χ2v) is 15.0. The first kappa shape index (κ1) is 31.7. The number of benzene rings is 3. The number of alkyl halides is 2. The maximum absolute atomic E-state index is 15.6. The van der Waals surface area contributed by atoms with Crippen LogP contribution in [0.3, 0.4) is 0 Å². The molecule has 232 valence electrons. The van der Waals surface area contributed by atoms with E-state index >= 15 is 8.78 Å². The number of esters is 1. The summed E-state index contributed by atoms with van der Waals surface area (Å²) in [4.78, 5) is 14.4. The molecular weight excluding hydrogens is 602 g/mol. The number of rotatable bonds is 10. The molecule has 0 bridgehead atoms. The third-order valence-corrected chi connectivity index (χ3v) is 11.5. The van der Waals surface area contributed by atoms with Crippen LogP contribution in [0.25, 0.3) is 0 Å². The zero-order valence-electron chi connectivity index (χ0n) is 24.1. The van der Waals surface area contributed by atoms with Gasteiger partial charge >= 0.3 is 11.2 Å². The molecule has 4 atom stereocenters. The van der Waals surface area contributed by atoms with Crippen LogP contribution in [-0.4, -0.2) is 58.5 Å². The Balaban J connectivity index is 1.39. The van der Waals surface area contributed by atoms with E-state index in [0.29, 0.717) is 14.7 Å².